The Bertz CT molecular complexity index is 380. The van der Waals surface area contributed by atoms with Crippen molar-refractivity contribution in [1.29, 1.82) is 0 Å². The summed E-state index contributed by atoms with van der Waals surface area (Å²) in [6, 6.07) is 5.47. The van der Waals surface area contributed by atoms with Crippen molar-refractivity contribution in [2.75, 3.05) is 7.11 Å². The molecular formula is C12H14O3. The van der Waals surface area contributed by atoms with Gasteiger partial charge < -0.3 is 9.47 Å². The van der Waals surface area contributed by atoms with Crippen molar-refractivity contribution in [1.82, 2.24) is 0 Å². The van der Waals surface area contributed by atoms with Crippen molar-refractivity contribution in [2.45, 2.75) is 13.8 Å². The van der Waals surface area contributed by atoms with E-state index in [0.717, 1.165) is 5.56 Å². The lowest BCUT2D eigenvalue weighted by Crippen LogP contribution is -2.04. The topological polar surface area (TPSA) is 35.5 Å². The van der Waals surface area contributed by atoms with Crippen molar-refractivity contribution in [3.8, 4) is 11.5 Å². The fourth-order valence-corrected chi connectivity index (χ4v) is 1.26. The average molecular weight is 206 g/mol. The van der Waals surface area contributed by atoms with E-state index in [1.165, 1.54) is 6.92 Å². The van der Waals surface area contributed by atoms with E-state index in [1.54, 1.807) is 13.2 Å². The highest BCUT2D eigenvalue weighted by Crippen LogP contribution is 2.31. The molecule has 0 spiro atoms. The number of para-hydroxylation sites is 1. The highest BCUT2D eigenvalue weighted by atomic mass is 16.6. The zero-order valence-electron chi connectivity index (χ0n) is 9.11. The molecule has 0 bridgehead atoms. The summed E-state index contributed by atoms with van der Waals surface area (Å²) in [5, 5.41) is 0. The molecule has 1 aromatic rings. The first-order valence-electron chi connectivity index (χ1n) is 4.67. The van der Waals surface area contributed by atoms with Gasteiger partial charge in [-0.2, -0.15) is 0 Å². The normalized spacial score (nSPS) is 10.3. The quantitative estimate of drug-likeness (QED) is 0.563. The van der Waals surface area contributed by atoms with Crippen molar-refractivity contribution in [3.63, 3.8) is 0 Å². The Morgan fingerprint density at radius 1 is 1.40 bits per heavy atom. The Labute approximate surface area is 89.3 Å². The summed E-state index contributed by atoms with van der Waals surface area (Å²) in [4.78, 5) is 10.9. The number of esters is 1. The van der Waals surface area contributed by atoms with E-state index in [-0.39, 0.29) is 5.97 Å². The summed E-state index contributed by atoms with van der Waals surface area (Å²) in [5.41, 5.74) is 0.826. The lowest BCUT2D eigenvalue weighted by atomic mass is 10.1. The molecule has 0 fully saturated rings. The summed E-state index contributed by atoms with van der Waals surface area (Å²) in [7, 11) is 1.54. The number of hydrogen-bond donors (Lipinski definition) is 0. The summed E-state index contributed by atoms with van der Waals surface area (Å²) < 4.78 is 10.2. The third-order valence-electron chi connectivity index (χ3n) is 1.82. The van der Waals surface area contributed by atoms with Gasteiger partial charge in [-0.15, -0.1) is 0 Å². The Morgan fingerprint density at radius 2 is 2.13 bits per heavy atom. The van der Waals surface area contributed by atoms with Crippen LogP contribution < -0.4 is 9.47 Å². The SMILES string of the molecule is CC=Cc1cccc(OC)c1OC(C)=O. The van der Waals surface area contributed by atoms with Crippen LogP contribution in [0.25, 0.3) is 6.08 Å². The maximum absolute atomic E-state index is 10.9. The maximum Gasteiger partial charge on any atom is 0.308 e. The molecule has 0 unspecified atom stereocenters. The van der Waals surface area contributed by atoms with Crippen LogP contribution in [-0.4, -0.2) is 13.1 Å². The number of carbonyl (C=O) groups is 1. The lowest BCUT2D eigenvalue weighted by Gasteiger charge is -2.10. The van der Waals surface area contributed by atoms with Gasteiger partial charge in [-0.25, -0.2) is 0 Å². The zero-order chi connectivity index (χ0) is 11.3. The second-order valence-electron chi connectivity index (χ2n) is 2.97. The Hall–Kier alpha value is -1.77. The Morgan fingerprint density at radius 3 is 2.67 bits per heavy atom. The van der Waals surface area contributed by atoms with Gasteiger partial charge in [0.05, 0.1) is 7.11 Å². The van der Waals surface area contributed by atoms with Crippen LogP contribution in [-0.2, 0) is 4.79 Å². The van der Waals surface area contributed by atoms with Crippen LogP contribution in [0.15, 0.2) is 24.3 Å². The van der Waals surface area contributed by atoms with Gasteiger partial charge in [0.1, 0.15) is 0 Å². The summed E-state index contributed by atoms with van der Waals surface area (Å²) in [5.74, 6) is 0.664. The van der Waals surface area contributed by atoms with Gasteiger partial charge in [0.2, 0.25) is 0 Å². The van der Waals surface area contributed by atoms with E-state index in [1.807, 2.05) is 31.2 Å². The molecule has 0 aliphatic rings. The number of ether oxygens (including phenoxy) is 2. The van der Waals surface area contributed by atoms with Crippen LogP contribution in [0.5, 0.6) is 11.5 Å². The monoisotopic (exact) mass is 206 g/mol. The van der Waals surface area contributed by atoms with Crippen LogP contribution in [0, 0.1) is 0 Å². The van der Waals surface area contributed by atoms with Crippen LogP contribution in [0.2, 0.25) is 0 Å². The van der Waals surface area contributed by atoms with E-state index >= 15 is 0 Å². The zero-order valence-corrected chi connectivity index (χ0v) is 9.11. The first-order valence-corrected chi connectivity index (χ1v) is 4.67. The van der Waals surface area contributed by atoms with Gasteiger partial charge in [-0.3, -0.25) is 4.79 Å². The molecule has 3 heteroatoms. The molecule has 0 saturated carbocycles. The van der Waals surface area contributed by atoms with E-state index < -0.39 is 0 Å². The second kappa shape index (κ2) is 5.20. The van der Waals surface area contributed by atoms with Gasteiger partial charge >= 0.3 is 5.97 Å². The molecule has 80 valence electrons. The van der Waals surface area contributed by atoms with Crippen LogP contribution in [0.3, 0.4) is 0 Å². The van der Waals surface area contributed by atoms with Crippen molar-refractivity contribution < 1.29 is 14.3 Å². The number of benzene rings is 1. The molecule has 0 amide bonds. The number of rotatable bonds is 3. The highest BCUT2D eigenvalue weighted by molar-refractivity contribution is 5.73. The molecule has 0 N–H and O–H groups in total. The number of carbonyl (C=O) groups excluding carboxylic acids is 1. The first-order chi connectivity index (χ1) is 7.19. The fourth-order valence-electron chi connectivity index (χ4n) is 1.26. The third kappa shape index (κ3) is 2.84. The van der Waals surface area contributed by atoms with Crippen molar-refractivity contribution >= 4 is 12.0 Å². The molecule has 0 aromatic heterocycles. The van der Waals surface area contributed by atoms with Crippen LogP contribution >= 0.6 is 0 Å². The predicted molar refractivity (Wildman–Crippen MR) is 59.0 cm³/mol. The molecule has 1 aromatic carbocycles. The molecule has 1 rings (SSSR count). The molecule has 0 aliphatic carbocycles. The number of allylic oxidation sites excluding steroid dienone is 1. The van der Waals surface area contributed by atoms with Crippen LogP contribution in [0.4, 0.5) is 0 Å². The van der Waals surface area contributed by atoms with Crippen LogP contribution in [0.1, 0.15) is 19.4 Å². The minimum absolute atomic E-state index is 0.356. The minimum Gasteiger partial charge on any atom is -0.493 e. The summed E-state index contributed by atoms with van der Waals surface area (Å²) >= 11 is 0. The van der Waals surface area contributed by atoms with E-state index in [4.69, 9.17) is 9.47 Å². The van der Waals surface area contributed by atoms with E-state index in [2.05, 4.69) is 0 Å². The second-order valence-corrected chi connectivity index (χ2v) is 2.97. The molecule has 15 heavy (non-hydrogen) atoms. The molecule has 3 nitrogen and oxygen atoms in total. The highest BCUT2D eigenvalue weighted by Gasteiger charge is 2.10. The minimum atomic E-state index is -0.356. The number of hydrogen-bond acceptors (Lipinski definition) is 3. The van der Waals surface area contributed by atoms with Gasteiger partial charge in [0.25, 0.3) is 0 Å². The third-order valence-corrected chi connectivity index (χ3v) is 1.82. The molecule has 0 atom stereocenters. The Balaban J connectivity index is 3.19. The largest absolute Gasteiger partial charge is 0.493 e. The Kier molecular flexibility index (Phi) is 3.92. The summed E-state index contributed by atoms with van der Waals surface area (Å²) in [6.45, 7) is 3.27. The molecular weight excluding hydrogens is 192 g/mol. The van der Waals surface area contributed by atoms with Crippen molar-refractivity contribution in [2.24, 2.45) is 0 Å². The number of methoxy groups -OCH3 is 1. The maximum atomic E-state index is 10.9. The lowest BCUT2D eigenvalue weighted by molar-refractivity contribution is -0.132. The standard InChI is InChI=1S/C12H14O3/c1-4-6-10-7-5-8-11(14-3)12(10)15-9(2)13/h4-8H,1-3H3. The average Bonchev–Trinajstić information content (AvgIpc) is 2.20. The van der Waals surface area contributed by atoms with Gasteiger partial charge in [0, 0.05) is 12.5 Å². The van der Waals surface area contributed by atoms with Gasteiger partial charge in [-0.1, -0.05) is 24.3 Å². The van der Waals surface area contributed by atoms with Gasteiger partial charge in [0.15, 0.2) is 11.5 Å². The fraction of sp³-hybridized carbons (Fsp3) is 0.250. The molecule has 0 heterocycles. The van der Waals surface area contributed by atoms with E-state index in [9.17, 15) is 4.79 Å². The van der Waals surface area contributed by atoms with Gasteiger partial charge in [-0.05, 0) is 13.0 Å². The molecule has 0 aliphatic heterocycles. The first kappa shape index (κ1) is 11.3. The van der Waals surface area contributed by atoms with E-state index in [0.29, 0.717) is 11.5 Å². The summed E-state index contributed by atoms with van der Waals surface area (Å²) in [6.07, 6.45) is 3.74. The molecule has 0 saturated heterocycles. The predicted octanol–water partition coefficient (Wildman–Crippen LogP) is 2.65. The van der Waals surface area contributed by atoms with Crippen molar-refractivity contribution in [3.05, 3.63) is 29.8 Å². The smallest absolute Gasteiger partial charge is 0.308 e. The molecule has 0 radical (unpaired) electrons.